The Balaban J connectivity index is 1.47. The summed E-state index contributed by atoms with van der Waals surface area (Å²) in [5.41, 5.74) is 0.663. The SMILES string of the molecule is CN(C)C[C@@H]1CCN(C23CC4CC(CC(C4)C2)C3)C1. The standard InChI is InChI=1S/C17H30N2/c1-18(2)11-13-3-4-19(12-13)17-8-14-5-15(9-17)7-16(6-14)10-17/h13-16H,3-12H2,1-2H3/t13-,14?,15?,16?,17?/m0/s1. The fraction of sp³-hybridized carbons (Fsp3) is 1.00. The highest BCUT2D eigenvalue weighted by Crippen LogP contribution is 2.58. The predicted octanol–water partition coefficient (Wildman–Crippen LogP) is 2.84. The Morgan fingerprint density at radius 2 is 1.58 bits per heavy atom. The van der Waals surface area contributed by atoms with Gasteiger partial charge in [-0.1, -0.05) is 0 Å². The van der Waals surface area contributed by atoms with Crippen molar-refractivity contribution in [3.05, 3.63) is 0 Å². The smallest absolute Gasteiger partial charge is 0.0217 e. The van der Waals surface area contributed by atoms with Crippen LogP contribution in [0, 0.1) is 23.7 Å². The zero-order valence-corrected chi connectivity index (χ0v) is 12.8. The second kappa shape index (κ2) is 4.46. The lowest BCUT2D eigenvalue weighted by molar-refractivity contribution is -0.0816. The van der Waals surface area contributed by atoms with Gasteiger partial charge in [-0.25, -0.2) is 0 Å². The Morgan fingerprint density at radius 3 is 2.11 bits per heavy atom. The highest BCUT2D eigenvalue weighted by molar-refractivity contribution is 5.08. The Morgan fingerprint density at radius 1 is 1.00 bits per heavy atom. The van der Waals surface area contributed by atoms with E-state index in [4.69, 9.17) is 0 Å². The van der Waals surface area contributed by atoms with Crippen LogP contribution in [0.5, 0.6) is 0 Å². The summed E-state index contributed by atoms with van der Waals surface area (Å²) in [6.45, 7) is 4.08. The summed E-state index contributed by atoms with van der Waals surface area (Å²) in [4.78, 5) is 5.33. The topological polar surface area (TPSA) is 6.48 Å². The summed E-state index contributed by atoms with van der Waals surface area (Å²) < 4.78 is 0. The molecule has 0 aromatic heterocycles. The van der Waals surface area contributed by atoms with E-state index in [0.29, 0.717) is 5.54 Å². The van der Waals surface area contributed by atoms with Gasteiger partial charge in [0.05, 0.1) is 0 Å². The van der Waals surface area contributed by atoms with E-state index in [1.807, 2.05) is 0 Å². The number of rotatable bonds is 3. The van der Waals surface area contributed by atoms with Crippen LogP contribution in [0.1, 0.15) is 44.9 Å². The predicted molar refractivity (Wildman–Crippen MR) is 79.1 cm³/mol. The Kier molecular flexibility index (Phi) is 2.97. The zero-order chi connectivity index (χ0) is 13.0. The Hall–Kier alpha value is -0.0800. The highest BCUT2D eigenvalue weighted by Gasteiger charge is 2.54. The van der Waals surface area contributed by atoms with E-state index in [-0.39, 0.29) is 0 Å². The monoisotopic (exact) mass is 262 g/mol. The van der Waals surface area contributed by atoms with Crippen molar-refractivity contribution in [1.82, 2.24) is 9.80 Å². The molecule has 0 amide bonds. The van der Waals surface area contributed by atoms with Crippen LogP contribution < -0.4 is 0 Å². The summed E-state index contributed by atoms with van der Waals surface area (Å²) in [7, 11) is 4.46. The molecule has 5 aliphatic rings. The molecule has 0 aromatic rings. The second-order valence-electron chi connectivity index (χ2n) is 8.50. The molecule has 1 saturated heterocycles. The van der Waals surface area contributed by atoms with Gasteiger partial charge < -0.3 is 4.90 Å². The number of likely N-dealkylation sites (tertiary alicyclic amines) is 1. The van der Waals surface area contributed by atoms with Gasteiger partial charge in [-0.05, 0) is 89.3 Å². The quantitative estimate of drug-likeness (QED) is 0.772. The van der Waals surface area contributed by atoms with Crippen LogP contribution in [-0.4, -0.2) is 49.1 Å². The van der Waals surface area contributed by atoms with Gasteiger partial charge in [-0.3, -0.25) is 4.90 Å². The van der Waals surface area contributed by atoms with Crippen LogP contribution in [0.25, 0.3) is 0 Å². The second-order valence-corrected chi connectivity index (χ2v) is 8.50. The maximum atomic E-state index is 2.95. The van der Waals surface area contributed by atoms with Gasteiger partial charge in [0.2, 0.25) is 0 Å². The summed E-state index contributed by atoms with van der Waals surface area (Å²) in [5, 5.41) is 0. The van der Waals surface area contributed by atoms with Crippen LogP contribution in [0.3, 0.4) is 0 Å². The van der Waals surface area contributed by atoms with Crippen LogP contribution in [0.4, 0.5) is 0 Å². The van der Waals surface area contributed by atoms with Gasteiger partial charge in [0.15, 0.2) is 0 Å². The fourth-order valence-electron chi connectivity index (χ4n) is 6.38. The third-order valence-electron chi connectivity index (χ3n) is 6.59. The van der Waals surface area contributed by atoms with E-state index in [0.717, 1.165) is 23.7 Å². The largest absolute Gasteiger partial charge is 0.309 e. The normalized spacial score (nSPS) is 49.4. The van der Waals surface area contributed by atoms with Crippen molar-refractivity contribution in [3.8, 4) is 0 Å². The number of hydrogen-bond donors (Lipinski definition) is 0. The van der Waals surface area contributed by atoms with E-state index in [9.17, 15) is 0 Å². The average Bonchev–Trinajstić information content (AvgIpc) is 2.75. The van der Waals surface area contributed by atoms with E-state index in [1.165, 1.54) is 26.1 Å². The molecule has 1 aliphatic heterocycles. The van der Waals surface area contributed by atoms with E-state index in [1.54, 1.807) is 38.5 Å². The maximum absolute atomic E-state index is 2.95. The average molecular weight is 262 g/mol. The summed E-state index contributed by atoms with van der Waals surface area (Å²) in [6, 6.07) is 0. The molecular weight excluding hydrogens is 232 g/mol. The number of nitrogens with zero attached hydrogens (tertiary/aromatic N) is 2. The molecule has 1 atom stereocenters. The Bertz CT molecular complexity index is 314. The van der Waals surface area contributed by atoms with Crippen LogP contribution in [0.2, 0.25) is 0 Å². The molecule has 19 heavy (non-hydrogen) atoms. The van der Waals surface area contributed by atoms with Gasteiger partial charge in [0.25, 0.3) is 0 Å². The molecule has 5 fully saturated rings. The van der Waals surface area contributed by atoms with Gasteiger partial charge in [-0.2, -0.15) is 0 Å². The summed E-state index contributed by atoms with van der Waals surface area (Å²) in [6.07, 6.45) is 10.8. The molecule has 0 unspecified atom stereocenters. The fourth-order valence-corrected chi connectivity index (χ4v) is 6.38. The van der Waals surface area contributed by atoms with E-state index >= 15 is 0 Å². The van der Waals surface area contributed by atoms with Gasteiger partial charge in [0.1, 0.15) is 0 Å². The van der Waals surface area contributed by atoms with Gasteiger partial charge in [-0.15, -0.1) is 0 Å². The molecule has 2 nitrogen and oxygen atoms in total. The molecule has 0 radical (unpaired) electrons. The molecule has 4 saturated carbocycles. The molecular formula is C17H30N2. The minimum atomic E-state index is 0.663. The van der Waals surface area contributed by atoms with Crippen molar-refractivity contribution in [3.63, 3.8) is 0 Å². The van der Waals surface area contributed by atoms with Crippen molar-refractivity contribution < 1.29 is 0 Å². The van der Waals surface area contributed by atoms with Gasteiger partial charge in [0, 0.05) is 18.6 Å². The lowest BCUT2D eigenvalue weighted by Crippen LogP contribution is -2.59. The third-order valence-corrected chi connectivity index (χ3v) is 6.59. The summed E-state index contributed by atoms with van der Waals surface area (Å²) >= 11 is 0. The van der Waals surface area contributed by atoms with E-state index in [2.05, 4.69) is 23.9 Å². The lowest BCUT2D eigenvalue weighted by Gasteiger charge is -2.60. The van der Waals surface area contributed by atoms with Crippen LogP contribution in [-0.2, 0) is 0 Å². The zero-order valence-electron chi connectivity index (χ0n) is 12.8. The van der Waals surface area contributed by atoms with Crippen molar-refractivity contribution in [2.75, 3.05) is 33.7 Å². The van der Waals surface area contributed by atoms with Crippen molar-refractivity contribution in [1.29, 1.82) is 0 Å². The molecule has 0 aromatic carbocycles. The van der Waals surface area contributed by atoms with Crippen LogP contribution in [0.15, 0.2) is 0 Å². The maximum Gasteiger partial charge on any atom is 0.0217 e. The van der Waals surface area contributed by atoms with E-state index < -0.39 is 0 Å². The van der Waals surface area contributed by atoms with Crippen molar-refractivity contribution in [2.45, 2.75) is 50.5 Å². The first-order valence-electron chi connectivity index (χ1n) is 8.53. The molecule has 4 bridgehead atoms. The number of hydrogen-bond acceptors (Lipinski definition) is 2. The molecule has 108 valence electrons. The third kappa shape index (κ3) is 2.15. The summed E-state index contributed by atoms with van der Waals surface area (Å²) in [5.74, 6) is 4.22. The minimum Gasteiger partial charge on any atom is -0.309 e. The highest BCUT2D eigenvalue weighted by atomic mass is 15.2. The molecule has 1 heterocycles. The molecule has 0 N–H and O–H groups in total. The van der Waals surface area contributed by atoms with Gasteiger partial charge >= 0.3 is 0 Å². The lowest BCUT2D eigenvalue weighted by atomic mass is 9.52. The molecule has 0 spiro atoms. The Labute approximate surface area is 118 Å². The van der Waals surface area contributed by atoms with Crippen LogP contribution >= 0.6 is 0 Å². The molecule has 5 rings (SSSR count). The molecule has 2 heteroatoms. The first-order valence-corrected chi connectivity index (χ1v) is 8.53. The first kappa shape index (κ1) is 12.6. The first-order chi connectivity index (χ1) is 9.13. The molecule has 4 aliphatic carbocycles. The van der Waals surface area contributed by atoms with Crippen molar-refractivity contribution in [2.24, 2.45) is 23.7 Å². The minimum absolute atomic E-state index is 0.663. The van der Waals surface area contributed by atoms with Crippen molar-refractivity contribution >= 4 is 0 Å².